The maximum atomic E-state index is 11.9. The molecule has 1 aliphatic heterocycles. The maximum Gasteiger partial charge on any atom is 0.201 e. The van der Waals surface area contributed by atoms with Crippen molar-refractivity contribution in [1.29, 1.82) is 0 Å². The Bertz CT molecular complexity index is 260. The molecule has 0 radical (unpaired) electrons. The van der Waals surface area contributed by atoms with E-state index < -0.39 is 0 Å². The minimum atomic E-state index is 0.0133. The first kappa shape index (κ1) is 9.71. The van der Waals surface area contributed by atoms with Gasteiger partial charge < -0.3 is 10.5 Å². The van der Waals surface area contributed by atoms with Gasteiger partial charge in [0.2, 0.25) is 5.78 Å². The Hall–Kier alpha value is -0.830. The molecule has 0 amide bonds. The lowest BCUT2D eigenvalue weighted by Crippen LogP contribution is -2.32. The molecule has 2 rings (SSSR count). The van der Waals surface area contributed by atoms with Crippen LogP contribution in [0.5, 0.6) is 0 Å². The summed E-state index contributed by atoms with van der Waals surface area (Å²) >= 11 is 0. The molecule has 3 nitrogen and oxygen atoms in total. The van der Waals surface area contributed by atoms with E-state index in [0.29, 0.717) is 12.4 Å². The van der Waals surface area contributed by atoms with Crippen LogP contribution >= 0.6 is 0 Å². The van der Waals surface area contributed by atoms with Crippen molar-refractivity contribution < 1.29 is 9.53 Å². The Kier molecular flexibility index (Phi) is 2.87. The summed E-state index contributed by atoms with van der Waals surface area (Å²) in [6, 6.07) is 0.0499. The molecule has 1 heterocycles. The molecular weight excluding hydrogens is 178 g/mol. The number of allylic oxidation sites excluding steroid dienone is 2. The molecule has 14 heavy (non-hydrogen) atoms. The van der Waals surface area contributed by atoms with Crippen LogP contribution in [0.2, 0.25) is 0 Å². The van der Waals surface area contributed by atoms with Crippen LogP contribution in [0.4, 0.5) is 0 Å². The zero-order chi connectivity index (χ0) is 9.97. The van der Waals surface area contributed by atoms with Gasteiger partial charge in [0.05, 0.1) is 6.61 Å². The number of Topliss-reactive ketones (excluding diaryl/α,β-unsaturated/α-hetero) is 1. The lowest BCUT2D eigenvalue weighted by molar-refractivity contribution is -0.123. The van der Waals surface area contributed by atoms with E-state index in [2.05, 4.69) is 0 Å². The molecule has 1 saturated carbocycles. The normalized spacial score (nSPS) is 32.2. The second-order valence-electron chi connectivity index (χ2n) is 4.12. The van der Waals surface area contributed by atoms with E-state index in [4.69, 9.17) is 10.5 Å². The largest absolute Gasteiger partial charge is 0.490 e. The van der Waals surface area contributed by atoms with Crippen molar-refractivity contribution in [3.63, 3.8) is 0 Å². The molecule has 0 aromatic rings. The summed E-state index contributed by atoms with van der Waals surface area (Å²) in [5.74, 6) is 0.715. The molecular formula is C11H17NO2. The Morgan fingerprint density at radius 2 is 2.29 bits per heavy atom. The molecule has 3 heteroatoms. The smallest absolute Gasteiger partial charge is 0.201 e. The zero-order valence-electron chi connectivity index (χ0n) is 8.37. The van der Waals surface area contributed by atoms with Crippen molar-refractivity contribution in [3.05, 3.63) is 11.8 Å². The van der Waals surface area contributed by atoms with Gasteiger partial charge in [-0.15, -0.1) is 0 Å². The number of hydrogen-bond acceptors (Lipinski definition) is 3. The molecule has 2 aliphatic rings. The van der Waals surface area contributed by atoms with Gasteiger partial charge >= 0.3 is 0 Å². The second-order valence-corrected chi connectivity index (χ2v) is 4.12. The molecule has 78 valence electrons. The van der Waals surface area contributed by atoms with Gasteiger partial charge in [0.15, 0.2) is 5.76 Å². The summed E-state index contributed by atoms with van der Waals surface area (Å²) in [7, 11) is 0. The molecule has 0 aromatic heterocycles. The lowest BCUT2D eigenvalue weighted by Gasteiger charge is -2.19. The summed E-state index contributed by atoms with van der Waals surface area (Å²) in [4.78, 5) is 11.9. The first-order chi connectivity index (χ1) is 6.79. The predicted molar refractivity (Wildman–Crippen MR) is 53.6 cm³/mol. The Labute approximate surface area is 84.3 Å². The topological polar surface area (TPSA) is 52.3 Å². The minimum absolute atomic E-state index is 0.0133. The predicted octanol–water partition coefficient (Wildman–Crippen LogP) is 1.38. The van der Waals surface area contributed by atoms with Crippen LogP contribution in [-0.2, 0) is 9.53 Å². The van der Waals surface area contributed by atoms with Gasteiger partial charge in [0, 0.05) is 12.0 Å². The number of hydrogen-bond donors (Lipinski definition) is 1. The number of ketones is 1. The molecule has 0 bridgehead atoms. The Morgan fingerprint density at radius 1 is 1.43 bits per heavy atom. The summed E-state index contributed by atoms with van der Waals surface area (Å²) in [5, 5.41) is 0. The number of ether oxygens (including phenoxy) is 1. The van der Waals surface area contributed by atoms with Gasteiger partial charge in [-0.1, -0.05) is 6.42 Å². The van der Waals surface area contributed by atoms with Crippen LogP contribution in [0.3, 0.4) is 0 Å². The van der Waals surface area contributed by atoms with Crippen LogP contribution in [0.1, 0.15) is 32.1 Å². The van der Waals surface area contributed by atoms with E-state index >= 15 is 0 Å². The average Bonchev–Trinajstić information content (AvgIpc) is 2.65. The van der Waals surface area contributed by atoms with Crippen molar-refractivity contribution in [2.24, 2.45) is 11.7 Å². The van der Waals surface area contributed by atoms with Crippen molar-refractivity contribution >= 4 is 5.78 Å². The minimum Gasteiger partial charge on any atom is -0.490 e. The van der Waals surface area contributed by atoms with E-state index in [9.17, 15) is 4.79 Å². The van der Waals surface area contributed by atoms with E-state index in [1.54, 1.807) is 0 Å². The SMILES string of the molecule is NC1CCCC1C(=O)C1=CCCCO1. The fourth-order valence-electron chi connectivity index (χ4n) is 2.23. The van der Waals surface area contributed by atoms with E-state index in [1.165, 1.54) is 0 Å². The highest BCUT2D eigenvalue weighted by Crippen LogP contribution is 2.28. The zero-order valence-corrected chi connectivity index (χ0v) is 8.37. The first-order valence-corrected chi connectivity index (χ1v) is 5.42. The van der Waals surface area contributed by atoms with Crippen molar-refractivity contribution in [1.82, 2.24) is 0 Å². The Balaban J connectivity index is 2.03. The number of nitrogens with two attached hydrogens (primary N) is 1. The Morgan fingerprint density at radius 3 is 2.86 bits per heavy atom. The second kappa shape index (κ2) is 4.13. The molecule has 0 saturated heterocycles. The monoisotopic (exact) mass is 195 g/mol. The number of carbonyl (C=O) groups is 1. The molecule has 2 N–H and O–H groups in total. The van der Waals surface area contributed by atoms with Crippen LogP contribution in [-0.4, -0.2) is 18.4 Å². The summed E-state index contributed by atoms with van der Waals surface area (Å²) < 4.78 is 5.36. The molecule has 1 aliphatic carbocycles. The molecule has 1 fully saturated rings. The highest BCUT2D eigenvalue weighted by molar-refractivity contribution is 5.96. The fraction of sp³-hybridized carbons (Fsp3) is 0.727. The highest BCUT2D eigenvalue weighted by Gasteiger charge is 2.33. The van der Waals surface area contributed by atoms with Gasteiger partial charge in [-0.2, -0.15) is 0 Å². The molecule has 2 unspecified atom stereocenters. The van der Waals surface area contributed by atoms with Gasteiger partial charge in [-0.05, 0) is 31.8 Å². The van der Waals surface area contributed by atoms with E-state index in [-0.39, 0.29) is 17.7 Å². The molecule has 0 aromatic carbocycles. The summed E-state index contributed by atoms with van der Waals surface area (Å²) in [6.45, 7) is 0.680. The van der Waals surface area contributed by atoms with Crippen molar-refractivity contribution in [2.45, 2.75) is 38.1 Å². The summed E-state index contributed by atoms with van der Waals surface area (Å²) in [5.41, 5.74) is 5.88. The summed E-state index contributed by atoms with van der Waals surface area (Å²) in [6.07, 6.45) is 6.88. The molecule has 2 atom stereocenters. The quantitative estimate of drug-likeness (QED) is 0.724. The van der Waals surface area contributed by atoms with Crippen molar-refractivity contribution in [2.75, 3.05) is 6.61 Å². The third-order valence-corrected chi connectivity index (χ3v) is 3.08. The highest BCUT2D eigenvalue weighted by atomic mass is 16.5. The van der Waals surface area contributed by atoms with Gasteiger partial charge in [0.25, 0.3) is 0 Å². The first-order valence-electron chi connectivity index (χ1n) is 5.42. The number of carbonyl (C=O) groups excluding carboxylic acids is 1. The van der Waals surface area contributed by atoms with E-state index in [0.717, 1.165) is 32.1 Å². The van der Waals surface area contributed by atoms with Gasteiger partial charge in [-0.3, -0.25) is 4.79 Å². The van der Waals surface area contributed by atoms with Gasteiger partial charge in [0.1, 0.15) is 0 Å². The number of rotatable bonds is 2. The fourth-order valence-corrected chi connectivity index (χ4v) is 2.23. The van der Waals surface area contributed by atoms with E-state index in [1.807, 2.05) is 6.08 Å². The van der Waals surface area contributed by atoms with Crippen molar-refractivity contribution in [3.8, 4) is 0 Å². The van der Waals surface area contributed by atoms with Crippen LogP contribution in [0.15, 0.2) is 11.8 Å². The lowest BCUT2D eigenvalue weighted by atomic mass is 9.96. The maximum absolute atomic E-state index is 11.9. The average molecular weight is 195 g/mol. The van der Waals surface area contributed by atoms with Crippen LogP contribution < -0.4 is 5.73 Å². The molecule has 0 spiro atoms. The standard InChI is InChI=1S/C11H17NO2/c12-9-5-3-4-8(9)11(13)10-6-1-2-7-14-10/h6,8-9H,1-5,7,12H2. The van der Waals surface area contributed by atoms with Gasteiger partial charge in [-0.25, -0.2) is 0 Å². The van der Waals surface area contributed by atoms with Crippen LogP contribution in [0, 0.1) is 5.92 Å². The van der Waals surface area contributed by atoms with Crippen LogP contribution in [0.25, 0.3) is 0 Å². The third-order valence-electron chi connectivity index (χ3n) is 3.08. The third kappa shape index (κ3) is 1.82.